The molecule has 2 N–H and O–H groups in total. The summed E-state index contributed by atoms with van der Waals surface area (Å²) in [5.74, 6) is 0.838. The Labute approximate surface area is 138 Å². The predicted octanol–water partition coefficient (Wildman–Crippen LogP) is 1.43. The standard InChI is InChI=1S/C15H22BNO4.ClH/c1-2-3-7-18-9-11-10-19-13-6-4-5-12-14(8-17)21-16(20-11)15(12)13;/h4-6,11,14H,2-3,7-10,17H2,1H3;1H. The van der Waals surface area contributed by atoms with Crippen molar-refractivity contribution >= 4 is 25.0 Å². The highest BCUT2D eigenvalue weighted by atomic mass is 35.5. The molecule has 0 bridgehead atoms. The van der Waals surface area contributed by atoms with E-state index in [1.54, 1.807) is 0 Å². The summed E-state index contributed by atoms with van der Waals surface area (Å²) in [5, 5.41) is 0. The summed E-state index contributed by atoms with van der Waals surface area (Å²) < 4.78 is 23.5. The second kappa shape index (κ2) is 8.18. The highest BCUT2D eigenvalue weighted by molar-refractivity contribution is 6.64. The molecule has 0 radical (unpaired) electrons. The van der Waals surface area contributed by atoms with Crippen molar-refractivity contribution in [3.05, 3.63) is 23.8 Å². The zero-order valence-electron chi connectivity index (χ0n) is 12.8. The van der Waals surface area contributed by atoms with E-state index in [1.807, 2.05) is 18.2 Å². The molecule has 2 heterocycles. The quantitative estimate of drug-likeness (QED) is 0.632. The summed E-state index contributed by atoms with van der Waals surface area (Å²) in [5.41, 5.74) is 7.84. The van der Waals surface area contributed by atoms with Crippen LogP contribution in [0.4, 0.5) is 0 Å². The Morgan fingerprint density at radius 2 is 2.23 bits per heavy atom. The third-order valence-corrected chi connectivity index (χ3v) is 3.87. The van der Waals surface area contributed by atoms with Crippen LogP contribution < -0.4 is 15.9 Å². The zero-order chi connectivity index (χ0) is 14.7. The van der Waals surface area contributed by atoms with E-state index in [-0.39, 0.29) is 24.6 Å². The second-order valence-corrected chi connectivity index (χ2v) is 5.45. The Hall–Kier alpha value is -0.785. The SMILES string of the molecule is CCCCOCC1COc2cccc3c2B(O1)OC3CN.Cl. The van der Waals surface area contributed by atoms with E-state index in [2.05, 4.69) is 6.92 Å². The van der Waals surface area contributed by atoms with Gasteiger partial charge in [0.2, 0.25) is 0 Å². The maximum absolute atomic E-state index is 6.02. The van der Waals surface area contributed by atoms with E-state index in [0.29, 0.717) is 19.8 Å². The molecule has 2 aliphatic heterocycles. The lowest BCUT2D eigenvalue weighted by Crippen LogP contribution is -2.37. The molecule has 2 unspecified atom stereocenters. The fourth-order valence-electron chi connectivity index (χ4n) is 2.74. The fraction of sp³-hybridized carbons (Fsp3) is 0.600. The lowest BCUT2D eigenvalue weighted by atomic mass is 9.77. The highest BCUT2D eigenvalue weighted by Crippen LogP contribution is 2.30. The Morgan fingerprint density at radius 3 is 3.00 bits per heavy atom. The minimum absolute atomic E-state index is 0. The molecule has 0 aromatic heterocycles. The van der Waals surface area contributed by atoms with Crippen molar-refractivity contribution in [3.8, 4) is 5.75 Å². The third kappa shape index (κ3) is 3.58. The van der Waals surface area contributed by atoms with Crippen LogP contribution in [0.5, 0.6) is 5.75 Å². The van der Waals surface area contributed by atoms with E-state index in [1.165, 1.54) is 0 Å². The third-order valence-electron chi connectivity index (χ3n) is 3.87. The minimum atomic E-state index is -0.396. The van der Waals surface area contributed by atoms with Gasteiger partial charge in [0, 0.05) is 18.6 Å². The van der Waals surface area contributed by atoms with Crippen LogP contribution in [0.25, 0.3) is 0 Å². The predicted molar refractivity (Wildman–Crippen MR) is 88.1 cm³/mol. The van der Waals surface area contributed by atoms with E-state index >= 15 is 0 Å². The van der Waals surface area contributed by atoms with Gasteiger partial charge in [0.25, 0.3) is 0 Å². The van der Waals surface area contributed by atoms with E-state index in [9.17, 15) is 0 Å². The number of nitrogens with two attached hydrogens (primary N) is 1. The molecule has 0 fully saturated rings. The summed E-state index contributed by atoms with van der Waals surface area (Å²) in [6.45, 7) is 4.35. The molecular formula is C15H23BClNO4. The van der Waals surface area contributed by atoms with Crippen molar-refractivity contribution in [2.45, 2.75) is 32.0 Å². The van der Waals surface area contributed by atoms with Gasteiger partial charge in [-0.25, -0.2) is 0 Å². The van der Waals surface area contributed by atoms with Gasteiger partial charge < -0.3 is 24.5 Å². The molecule has 3 rings (SSSR count). The molecule has 2 aliphatic rings. The molecule has 2 atom stereocenters. The summed E-state index contributed by atoms with van der Waals surface area (Å²) >= 11 is 0. The van der Waals surface area contributed by atoms with Gasteiger partial charge >= 0.3 is 7.12 Å². The zero-order valence-corrected chi connectivity index (χ0v) is 13.6. The smallest absolute Gasteiger partial charge is 0.491 e. The molecule has 1 aromatic rings. The maximum atomic E-state index is 6.02. The Bertz CT molecular complexity index is 491. The van der Waals surface area contributed by atoms with Crippen LogP contribution in [0.2, 0.25) is 0 Å². The molecule has 22 heavy (non-hydrogen) atoms. The first-order chi connectivity index (χ1) is 10.3. The first kappa shape index (κ1) is 17.6. The molecule has 7 heteroatoms. The van der Waals surface area contributed by atoms with Gasteiger partial charge in [-0.15, -0.1) is 12.4 Å². The van der Waals surface area contributed by atoms with Gasteiger partial charge in [0.05, 0.1) is 12.7 Å². The molecule has 0 saturated heterocycles. The molecular weight excluding hydrogens is 304 g/mol. The number of ether oxygens (including phenoxy) is 2. The molecule has 0 amide bonds. The molecule has 1 aromatic carbocycles. The van der Waals surface area contributed by atoms with E-state index in [0.717, 1.165) is 36.2 Å². The molecule has 122 valence electrons. The number of rotatable bonds is 6. The van der Waals surface area contributed by atoms with Crippen LogP contribution in [0.15, 0.2) is 18.2 Å². The monoisotopic (exact) mass is 327 g/mol. The van der Waals surface area contributed by atoms with Crippen molar-refractivity contribution in [1.29, 1.82) is 0 Å². The van der Waals surface area contributed by atoms with Gasteiger partial charge in [-0.3, -0.25) is 0 Å². The van der Waals surface area contributed by atoms with Crippen LogP contribution in [0.3, 0.4) is 0 Å². The molecule has 0 saturated carbocycles. The van der Waals surface area contributed by atoms with Crippen molar-refractivity contribution in [2.24, 2.45) is 5.73 Å². The first-order valence-electron chi connectivity index (χ1n) is 7.67. The number of hydrogen-bond acceptors (Lipinski definition) is 5. The van der Waals surface area contributed by atoms with Crippen LogP contribution in [-0.4, -0.2) is 39.6 Å². The van der Waals surface area contributed by atoms with Gasteiger partial charge in [-0.05, 0) is 18.1 Å². The Morgan fingerprint density at radius 1 is 1.36 bits per heavy atom. The fourth-order valence-corrected chi connectivity index (χ4v) is 2.74. The number of halogens is 1. The lowest BCUT2D eigenvalue weighted by Gasteiger charge is -2.18. The van der Waals surface area contributed by atoms with Crippen molar-refractivity contribution in [1.82, 2.24) is 0 Å². The average Bonchev–Trinajstić information content (AvgIpc) is 2.76. The van der Waals surface area contributed by atoms with Gasteiger partial charge in [0.15, 0.2) is 0 Å². The summed E-state index contributed by atoms with van der Waals surface area (Å²) in [7, 11) is -0.396. The van der Waals surface area contributed by atoms with Gasteiger partial charge in [0.1, 0.15) is 18.5 Å². The number of benzene rings is 1. The van der Waals surface area contributed by atoms with Crippen LogP contribution in [-0.2, 0) is 14.0 Å². The van der Waals surface area contributed by atoms with Crippen LogP contribution >= 0.6 is 12.4 Å². The van der Waals surface area contributed by atoms with Gasteiger partial charge in [-0.1, -0.05) is 25.5 Å². The summed E-state index contributed by atoms with van der Waals surface area (Å²) in [4.78, 5) is 0. The lowest BCUT2D eigenvalue weighted by molar-refractivity contribution is 0.0126. The second-order valence-electron chi connectivity index (χ2n) is 5.45. The van der Waals surface area contributed by atoms with Crippen molar-refractivity contribution in [3.63, 3.8) is 0 Å². The Kier molecular flexibility index (Phi) is 6.53. The van der Waals surface area contributed by atoms with Crippen molar-refractivity contribution in [2.75, 3.05) is 26.4 Å². The van der Waals surface area contributed by atoms with Crippen LogP contribution in [0, 0.1) is 0 Å². The highest BCUT2D eigenvalue weighted by Gasteiger charge is 2.42. The number of hydrogen-bond donors (Lipinski definition) is 1. The van der Waals surface area contributed by atoms with E-state index in [4.69, 9.17) is 24.5 Å². The summed E-state index contributed by atoms with van der Waals surface area (Å²) in [6, 6.07) is 5.96. The average molecular weight is 328 g/mol. The normalized spacial score (nSPS) is 22.5. The Balaban J connectivity index is 0.00000176. The largest absolute Gasteiger partial charge is 0.498 e. The molecule has 0 spiro atoms. The van der Waals surface area contributed by atoms with E-state index < -0.39 is 7.12 Å². The summed E-state index contributed by atoms with van der Waals surface area (Å²) in [6.07, 6.45) is 1.95. The van der Waals surface area contributed by atoms with Crippen molar-refractivity contribution < 1.29 is 18.8 Å². The van der Waals surface area contributed by atoms with Gasteiger partial charge in [-0.2, -0.15) is 0 Å². The molecule has 5 nitrogen and oxygen atoms in total. The first-order valence-corrected chi connectivity index (χ1v) is 7.67. The minimum Gasteiger partial charge on any atom is -0.491 e. The topological polar surface area (TPSA) is 62.9 Å². The number of unbranched alkanes of at least 4 members (excludes halogenated alkanes) is 1. The van der Waals surface area contributed by atoms with Crippen LogP contribution in [0.1, 0.15) is 31.4 Å². The molecule has 0 aliphatic carbocycles. The maximum Gasteiger partial charge on any atom is 0.498 e.